The summed E-state index contributed by atoms with van der Waals surface area (Å²) in [5.41, 5.74) is 3.05. The summed E-state index contributed by atoms with van der Waals surface area (Å²) in [4.78, 5) is 17.2. The van der Waals surface area contributed by atoms with Crippen LogP contribution in [0.2, 0.25) is 0 Å². The lowest BCUT2D eigenvalue weighted by Gasteiger charge is -2.31. The molecule has 0 fully saturated rings. The maximum absolute atomic E-state index is 12.6. The number of rotatable bonds is 7. The summed E-state index contributed by atoms with van der Waals surface area (Å²) in [5.74, 6) is 2.01. The van der Waals surface area contributed by atoms with Crippen LogP contribution in [0.25, 0.3) is 6.08 Å². The third-order valence-electron chi connectivity index (χ3n) is 6.18. The molecule has 2 heterocycles. The van der Waals surface area contributed by atoms with Gasteiger partial charge in [0.25, 0.3) is 11.9 Å². The number of hydrogen-bond donors (Lipinski definition) is 2. The lowest BCUT2D eigenvalue weighted by atomic mass is 9.93. The van der Waals surface area contributed by atoms with Crippen LogP contribution in [0.5, 0.6) is 11.5 Å². The second-order valence-corrected chi connectivity index (χ2v) is 8.40. The minimum Gasteiger partial charge on any atom is -0.497 e. The number of nitrogens with zero attached hydrogens (tertiary/aromatic N) is 3. The summed E-state index contributed by atoms with van der Waals surface area (Å²) < 4.78 is 12.5. The van der Waals surface area contributed by atoms with Gasteiger partial charge in [-0.3, -0.25) is 10.1 Å². The van der Waals surface area contributed by atoms with E-state index in [4.69, 9.17) is 9.47 Å². The van der Waals surface area contributed by atoms with Gasteiger partial charge in [0.05, 0.1) is 26.3 Å². The molecule has 8 nitrogen and oxygen atoms in total. The van der Waals surface area contributed by atoms with E-state index in [1.54, 1.807) is 20.3 Å². The molecule has 0 radical (unpaired) electrons. The van der Waals surface area contributed by atoms with Gasteiger partial charge in [-0.15, -0.1) is 5.10 Å². The van der Waals surface area contributed by atoms with Gasteiger partial charge in [-0.1, -0.05) is 60.7 Å². The Balaban J connectivity index is 1.39. The molecule has 36 heavy (non-hydrogen) atoms. The summed E-state index contributed by atoms with van der Waals surface area (Å²) in [6.45, 7) is 0. The van der Waals surface area contributed by atoms with Gasteiger partial charge < -0.3 is 14.8 Å². The molecule has 2 unspecified atom stereocenters. The van der Waals surface area contributed by atoms with Gasteiger partial charge >= 0.3 is 0 Å². The Kier molecular flexibility index (Phi) is 6.66. The van der Waals surface area contributed by atoms with Crippen LogP contribution in [0.1, 0.15) is 35.2 Å². The fourth-order valence-corrected chi connectivity index (χ4v) is 4.36. The van der Waals surface area contributed by atoms with Gasteiger partial charge in [0.15, 0.2) is 0 Å². The average Bonchev–Trinajstić information content (AvgIpc) is 3.34. The van der Waals surface area contributed by atoms with E-state index in [9.17, 15) is 4.79 Å². The van der Waals surface area contributed by atoms with Crippen molar-refractivity contribution in [3.05, 3.63) is 102 Å². The molecule has 0 saturated carbocycles. The second-order valence-electron chi connectivity index (χ2n) is 8.40. The highest BCUT2D eigenvalue weighted by Gasteiger charge is 2.31. The molecule has 0 spiro atoms. The smallest absolute Gasteiger partial charge is 0.250 e. The zero-order valence-corrected chi connectivity index (χ0v) is 20.1. The predicted molar refractivity (Wildman–Crippen MR) is 139 cm³/mol. The molecule has 182 valence electrons. The molecule has 0 saturated heterocycles. The van der Waals surface area contributed by atoms with Gasteiger partial charge in [0, 0.05) is 11.6 Å². The van der Waals surface area contributed by atoms with Crippen LogP contribution in [0, 0.1) is 0 Å². The Morgan fingerprint density at radius 2 is 1.72 bits per heavy atom. The molecule has 3 aromatic carbocycles. The minimum atomic E-state index is -0.327. The fourth-order valence-electron chi connectivity index (χ4n) is 4.36. The number of benzene rings is 3. The van der Waals surface area contributed by atoms with E-state index in [0.29, 0.717) is 11.7 Å². The number of carbonyl (C=O) groups is 1. The Hall–Kier alpha value is -4.59. The van der Waals surface area contributed by atoms with Crippen LogP contribution >= 0.6 is 0 Å². The van der Waals surface area contributed by atoms with Gasteiger partial charge in [-0.05, 0) is 41.8 Å². The van der Waals surface area contributed by atoms with Gasteiger partial charge in [0.2, 0.25) is 5.95 Å². The molecule has 0 bridgehead atoms. The van der Waals surface area contributed by atoms with E-state index in [-0.39, 0.29) is 23.9 Å². The summed E-state index contributed by atoms with van der Waals surface area (Å²) >= 11 is 0. The number of hydrogen-bond acceptors (Lipinski definition) is 6. The third-order valence-corrected chi connectivity index (χ3v) is 6.18. The third kappa shape index (κ3) is 4.93. The lowest BCUT2D eigenvalue weighted by molar-refractivity contribution is -0.111. The first-order valence-electron chi connectivity index (χ1n) is 11.7. The topological polar surface area (TPSA) is 90.3 Å². The normalized spacial score (nSPS) is 16.7. The van der Waals surface area contributed by atoms with Gasteiger partial charge in [-0.25, -0.2) is 4.68 Å². The van der Waals surface area contributed by atoms with Crippen molar-refractivity contribution >= 4 is 23.9 Å². The quantitative estimate of drug-likeness (QED) is 0.357. The van der Waals surface area contributed by atoms with Crippen molar-refractivity contribution in [2.24, 2.45) is 0 Å². The van der Waals surface area contributed by atoms with E-state index in [1.807, 2.05) is 59.3 Å². The number of carbonyl (C=O) groups excluding carboxylic acids is 1. The molecular weight excluding hydrogens is 454 g/mol. The van der Waals surface area contributed by atoms with Crippen molar-refractivity contribution in [3.8, 4) is 11.5 Å². The maximum atomic E-state index is 12.6. The number of anilines is 2. The number of fused-ring (bicyclic) bond motifs is 1. The van der Waals surface area contributed by atoms with Crippen LogP contribution in [-0.4, -0.2) is 34.9 Å². The molecule has 2 atom stereocenters. The SMILES string of the molecule is COc1ccc(C2CC(c3ccccc3)n3nc(NC(=O)/C=C/c4ccccc4OC)nc3N2)cc1. The minimum absolute atomic E-state index is 0.0202. The van der Waals surface area contributed by atoms with Crippen molar-refractivity contribution in [2.75, 3.05) is 24.9 Å². The highest BCUT2D eigenvalue weighted by atomic mass is 16.5. The highest BCUT2D eigenvalue weighted by Crippen LogP contribution is 2.38. The monoisotopic (exact) mass is 481 g/mol. The molecule has 5 rings (SSSR count). The maximum Gasteiger partial charge on any atom is 0.250 e. The fraction of sp³-hybridized carbons (Fsp3) is 0.179. The van der Waals surface area contributed by atoms with Crippen LogP contribution in [-0.2, 0) is 4.79 Å². The van der Waals surface area contributed by atoms with Crippen molar-refractivity contribution in [3.63, 3.8) is 0 Å². The van der Waals surface area contributed by atoms with E-state index in [0.717, 1.165) is 28.9 Å². The zero-order valence-electron chi connectivity index (χ0n) is 20.1. The Morgan fingerprint density at radius 1 is 0.972 bits per heavy atom. The number of amides is 1. The van der Waals surface area contributed by atoms with E-state index in [2.05, 4.69) is 45.0 Å². The predicted octanol–water partition coefficient (Wildman–Crippen LogP) is 5.09. The van der Waals surface area contributed by atoms with Crippen molar-refractivity contribution < 1.29 is 14.3 Å². The van der Waals surface area contributed by atoms with Crippen molar-refractivity contribution in [2.45, 2.75) is 18.5 Å². The van der Waals surface area contributed by atoms with Crippen LogP contribution in [0.3, 0.4) is 0 Å². The standard InChI is InChI=1S/C28H27N5O3/c1-35-22-15-12-19(13-16-22)23-18-24(20-8-4-3-5-9-20)33-28(29-23)31-27(32-33)30-26(34)17-14-21-10-6-7-11-25(21)36-2/h3-17,23-24H,18H2,1-2H3,(H2,29,30,31,32,34)/b17-14+. The van der Waals surface area contributed by atoms with Crippen molar-refractivity contribution in [1.29, 1.82) is 0 Å². The van der Waals surface area contributed by atoms with Crippen LogP contribution in [0.4, 0.5) is 11.9 Å². The number of nitrogens with one attached hydrogen (secondary N) is 2. The molecule has 1 aromatic heterocycles. The summed E-state index contributed by atoms with van der Waals surface area (Å²) in [6, 6.07) is 25.7. The van der Waals surface area contributed by atoms with Crippen LogP contribution in [0.15, 0.2) is 84.9 Å². The second kappa shape index (κ2) is 10.4. The lowest BCUT2D eigenvalue weighted by Crippen LogP contribution is -2.28. The number of para-hydroxylation sites is 1. The first-order chi connectivity index (χ1) is 17.6. The highest BCUT2D eigenvalue weighted by molar-refractivity contribution is 6.01. The van der Waals surface area contributed by atoms with Crippen LogP contribution < -0.4 is 20.1 Å². The molecule has 1 aliphatic heterocycles. The number of aromatic nitrogens is 3. The summed E-state index contributed by atoms with van der Waals surface area (Å²) in [6.07, 6.45) is 3.92. The zero-order chi connectivity index (χ0) is 24.9. The summed E-state index contributed by atoms with van der Waals surface area (Å²) in [7, 11) is 3.25. The molecule has 1 amide bonds. The molecular formula is C28H27N5O3. The first-order valence-corrected chi connectivity index (χ1v) is 11.7. The Morgan fingerprint density at radius 3 is 2.47 bits per heavy atom. The average molecular weight is 482 g/mol. The van der Waals surface area contributed by atoms with E-state index in [1.165, 1.54) is 6.08 Å². The summed E-state index contributed by atoms with van der Waals surface area (Å²) in [5, 5.41) is 10.9. The van der Waals surface area contributed by atoms with Crippen molar-refractivity contribution in [1.82, 2.24) is 14.8 Å². The number of methoxy groups -OCH3 is 2. The number of ether oxygens (including phenoxy) is 2. The van der Waals surface area contributed by atoms with Gasteiger partial charge in [-0.2, -0.15) is 4.98 Å². The Labute approximate surface area is 209 Å². The van der Waals surface area contributed by atoms with E-state index < -0.39 is 0 Å². The molecule has 2 N–H and O–H groups in total. The first kappa shape index (κ1) is 23.2. The molecule has 8 heteroatoms. The van der Waals surface area contributed by atoms with E-state index >= 15 is 0 Å². The molecule has 4 aromatic rings. The Bertz CT molecular complexity index is 1370. The van der Waals surface area contributed by atoms with Gasteiger partial charge in [0.1, 0.15) is 11.5 Å². The largest absolute Gasteiger partial charge is 0.497 e. The molecule has 0 aliphatic carbocycles. The molecule has 1 aliphatic rings.